The third-order valence-electron chi connectivity index (χ3n) is 2.95. The van der Waals surface area contributed by atoms with Gasteiger partial charge in [-0.3, -0.25) is 9.69 Å². The molecule has 1 unspecified atom stereocenters. The summed E-state index contributed by atoms with van der Waals surface area (Å²) in [6, 6.07) is 0.0300. The van der Waals surface area contributed by atoms with Gasteiger partial charge in [0.05, 0.1) is 0 Å². The number of carbonyl (C=O) groups is 1. The van der Waals surface area contributed by atoms with E-state index >= 15 is 0 Å². The fourth-order valence-corrected chi connectivity index (χ4v) is 2.15. The quantitative estimate of drug-likeness (QED) is 0.722. The lowest BCUT2D eigenvalue weighted by molar-refractivity contribution is -0.133. The first-order chi connectivity index (χ1) is 7.20. The van der Waals surface area contributed by atoms with Crippen molar-refractivity contribution in [2.45, 2.75) is 25.8 Å². The Morgan fingerprint density at radius 1 is 1.47 bits per heavy atom. The standard InChI is InChI=1S/C11H23N3O/c1-4-6-14-8-5-7-13(3)11(15)10(14)9-12-2/h10,12H,4-9H2,1-3H3. The molecule has 1 aliphatic rings. The van der Waals surface area contributed by atoms with Gasteiger partial charge in [-0.2, -0.15) is 0 Å². The van der Waals surface area contributed by atoms with Crippen LogP contribution in [-0.4, -0.2) is 62.0 Å². The van der Waals surface area contributed by atoms with E-state index in [1.807, 2.05) is 19.0 Å². The SMILES string of the molecule is CCCN1CCCN(C)C(=O)C1CNC. The van der Waals surface area contributed by atoms with Crippen molar-refractivity contribution in [2.75, 3.05) is 40.3 Å². The maximum absolute atomic E-state index is 12.1. The molecule has 1 amide bonds. The molecule has 1 aliphatic heterocycles. The molecule has 1 N–H and O–H groups in total. The molecule has 1 fully saturated rings. The zero-order valence-electron chi connectivity index (χ0n) is 10.1. The van der Waals surface area contributed by atoms with E-state index in [4.69, 9.17) is 0 Å². The van der Waals surface area contributed by atoms with Crippen LogP contribution in [0.25, 0.3) is 0 Å². The molecule has 0 aromatic heterocycles. The molecule has 1 atom stereocenters. The van der Waals surface area contributed by atoms with Gasteiger partial charge in [0.25, 0.3) is 0 Å². The van der Waals surface area contributed by atoms with Crippen LogP contribution in [-0.2, 0) is 4.79 Å². The Morgan fingerprint density at radius 3 is 2.80 bits per heavy atom. The highest BCUT2D eigenvalue weighted by molar-refractivity contribution is 5.82. The fraction of sp³-hybridized carbons (Fsp3) is 0.909. The minimum Gasteiger partial charge on any atom is -0.344 e. The van der Waals surface area contributed by atoms with E-state index in [2.05, 4.69) is 17.1 Å². The highest BCUT2D eigenvalue weighted by Gasteiger charge is 2.29. The molecule has 4 nitrogen and oxygen atoms in total. The first kappa shape index (κ1) is 12.5. The Labute approximate surface area is 92.6 Å². The number of carbonyl (C=O) groups excluding carboxylic acids is 1. The van der Waals surface area contributed by atoms with Crippen LogP contribution in [0.1, 0.15) is 19.8 Å². The maximum Gasteiger partial charge on any atom is 0.240 e. The summed E-state index contributed by atoms with van der Waals surface area (Å²) < 4.78 is 0. The summed E-state index contributed by atoms with van der Waals surface area (Å²) in [5.74, 6) is 0.260. The molecule has 15 heavy (non-hydrogen) atoms. The Balaban J connectivity index is 2.70. The molecule has 0 aliphatic carbocycles. The third kappa shape index (κ3) is 3.18. The number of hydrogen-bond acceptors (Lipinski definition) is 3. The van der Waals surface area contributed by atoms with Gasteiger partial charge in [-0.05, 0) is 26.4 Å². The molecule has 1 saturated heterocycles. The second-order valence-corrected chi connectivity index (χ2v) is 4.22. The molecule has 1 heterocycles. The Hall–Kier alpha value is -0.610. The molecule has 1 rings (SSSR count). The lowest BCUT2D eigenvalue weighted by Crippen LogP contribution is -2.49. The average molecular weight is 213 g/mol. The van der Waals surface area contributed by atoms with E-state index in [-0.39, 0.29) is 11.9 Å². The number of nitrogens with zero attached hydrogens (tertiary/aromatic N) is 2. The summed E-state index contributed by atoms with van der Waals surface area (Å²) in [6.45, 7) is 5.86. The zero-order chi connectivity index (χ0) is 11.3. The van der Waals surface area contributed by atoms with Crippen molar-refractivity contribution in [3.05, 3.63) is 0 Å². The van der Waals surface area contributed by atoms with Gasteiger partial charge < -0.3 is 10.2 Å². The first-order valence-electron chi connectivity index (χ1n) is 5.84. The van der Waals surface area contributed by atoms with Crippen LogP contribution in [0.5, 0.6) is 0 Å². The van der Waals surface area contributed by atoms with Crippen molar-refractivity contribution in [1.82, 2.24) is 15.1 Å². The number of hydrogen-bond donors (Lipinski definition) is 1. The summed E-state index contributed by atoms with van der Waals surface area (Å²) in [6.07, 6.45) is 2.19. The lowest BCUT2D eigenvalue weighted by atomic mass is 10.2. The van der Waals surface area contributed by atoms with Gasteiger partial charge in [0.2, 0.25) is 5.91 Å². The van der Waals surface area contributed by atoms with Crippen molar-refractivity contribution in [3.63, 3.8) is 0 Å². The molecule has 0 spiro atoms. The van der Waals surface area contributed by atoms with Crippen molar-refractivity contribution in [3.8, 4) is 0 Å². The van der Waals surface area contributed by atoms with Crippen LogP contribution in [0.15, 0.2) is 0 Å². The number of amides is 1. The largest absolute Gasteiger partial charge is 0.344 e. The summed E-state index contributed by atoms with van der Waals surface area (Å²) in [4.78, 5) is 16.2. The van der Waals surface area contributed by atoms with Gasteiger partial charge >= 0.3 is 0 Å². The predicted molar refractivity (Wildman–Crippen MR) is 61.8 cm³/mol. The van der Waals surface area contributed by atoms with Gasteiger partial charge in [-0.25, -0.2) is 0 Å². The number of likely N-dealkylation sites (N-methyl/N-ethyl adjacent to an activating group) is 2. The van der Waals surface area contributed by atoms with Crippen LogP contribution in [0.2, 0.25) is 0 Å². The van der Waals surface area contributed by atoms with Crippen molar-refractivity contribution >= 4 is 5.91 Å². The Morgan fingerprint density at radius 2 is 2.20 bits per heavy atom. The normalized spacial score (nSPS) is 24.3. The molecule has 0 saturated carbocycles. The highest BCUT2D eigenvalue weighted by Crippen LogP contribution is 2.10. The Kier molecular flexibility index (Phi) is 5.05. The van der Waals surface area contributed by atoms with E-state index in [0.29, 0.717) is 0 Å². The maximum atomic E-state index is 12.1. The molecule has 0 radical (unpaired) electrons. The minimum atomic E-state index is 0.0300. The van der Waals surface area contributed by atoms with Gasteiger partial charge in [0, 0.05) is 26.7 Å². The predicted octanol–water partition coefficient (Wildman–Crippen LogP) is 0.149. The van der Waals surface area contributed by atoms with E-state index in [0.717, 1.165) is 39.0 Å². The van der Waals surface area contributed by atoms with E-state index in [9.17, 15) is 4.79 Å². The minimum absolute atomic E-state index is 0.0300. The molecule has 0 bridgehead atoms. The molecular formula is C11H23N3O. The summed E-state index contributed by atoms with van der Waals surface area (Å²) in [5.41, 5.74) is 0. The number of rotatable bonds is 4. The van der Waals surface area contributed by atoms with Crippen LogP contribution in [0.3, 0.4) is 0 Å². The number of nitrogens with one attached hydrogen (secondary N) is 1. The van der Waals surface area contributed by atoms with Crippen LogP contribution in [0, 0.1) is 0 Å². The summed E-state index contributed by atoms with van der Waals surface area (Å²) in [7, 11) is 3.81. The first-order valence-corrected chi connectivity index (χ1v) is 5.84. The van der Waals surface area contributed by atoms with Crippen LogP contribution >= 0.6 is 0 Å². The monoisotopic (exact) mass is 213 g/mol. The van der Waals surface area contributed by atoms with E-state index in [1.54, 1.807) is 0 Å². The third-order valence-corrected chi connectivity index (χ3v) is 2.95. The fourth-order valence-electron chi connectivity index (χ4n) is 2.15. The van der Waals surface area contributed by atoms with Gasteiger partial charge in [-0.1, -0.05) is 6.92 Å². The second-order valence-electron chi connectivity index (χ2n) is 4.22. The molecule has 0 aromatic carbocycles. The second kappa shape index (κ2) is 6.08. The van der Waals surface area contributed by atoms with E-state index in [1.165, 1.54) is 0 Å². The summed E-state index contributed by atoms with van der Waals surface area (Å²) in [5, 5.41) is 3.12. The zero-order valence-corrected chi connectivity index (χ0v) is 10.1. The Bertz CT molecular complexity index is 208. The van der Waals surface area contributed by atoms with Crippen molar-refractivity contribution in [1.29, 1.82) is 0 Å². The van der Waals surface area contributed by atoms with Crippen LogP contribution < -0.4 is 5.32 Å². The van der Waals surface area contributed by atoms with Gasteiger partial charge in [-0.15, -0.1) is 0 Å². The lowest BCUT2D eigenvalue weighted by Gasteiger charge is -2.29. The molecule has 4 heteroatoms. The van der Waals surface area contributed by atoms with Gasteiger partial charge in [0.1, 0.15) is 6.04 Å². The topological polar surface area (TPSA) is 35.6 Å². The van der Waals surface area contributed by atoms with E-state index < -0.39 is 0 Å². The van der Waals surface area contributed by atoms with Crippen molar-refractivity contribution < 1.29 is 4.79 Å². The summed E-state index contributed by atoms with van der Waals surface area (Å²) >= 11 is 0. The van der Waals surface area contributed by atoms with Crippen molar-refractivity contribution in [2.24, 2.45) is 0 Å². The van der Waals surface area contributed by atoms with Crippen LogP contribution in [0.4, 0.5) is 0 Å². The van der Waals surface area contributed by atoms with Gasteiger partial charge in [0.15, 0.2) is 0 Å². The molecule has 0 aromatic rings. The average Bonchev–Trinajstić information content (AvgIpc) is 2.34. The highest BCUT2D eigenvalue weighted by atomic mass is 16.2. The smallest absolute Gasteiger partial charge is 0.240 e. The molecular weight excluding hydrogens is 190 g/mol. The molecule has 88 valence electrons.